The molecule has 1 aromatic carbocycles. The highest BCUT2D eigenvalue weighted by molar-refractivity contribution is 14.0. The molecule has 8 heteroatoms. The minimum absolute atomic E-state index is 0. The minimum atomic E-state index is -2.87. The standard InChI is InChI=1S/C16H23F2N3O2.HI/c1-3-19-16(21-12-6-7-12)20-10-11-5-8-13(23-15(17)18)14(9-11)22-4-2;/h5,8-9,12,15H,3-4,6-7,10H2,1-2H3,(H2,19,20,21);1H. The first-order chi connectivity index (χ1) is 11.1. The van der Waals surface area contributed by atoms with Crippen LogP contribution in [-0.4, -0.2) is 31.8 Å². The first-order valence-electron chi connectivity index (χ1n) is 7.87. The van der Waals surface area contributed by atoms with Gasteiger partial charge in [-0.3, -0.25) is 0 Å². The van der Waals surface area contributed by atoms with Crippen molar-refractivity contribution in [2.24, 2.45) is 4.99 Å². The van der Waals surface area contributed by atoms with Crippen molar-refractivity contribution in [3.8, 4) is 11.5 Å². The molecular formula is C16H24F2IN3O2. The second kappa shape index (κ2) is 10.5. The van der Waals surface area contributed by atoms with Crippen LogP contribution in [0.4, 0.5) is 8.78 Å². The van der Waals surface area contributed by atoms with Crippen LogP contribution in [0.15, 0.2) is 23.2 Å². The van der Waals surface area contributed by atoms with Gasteiger partial charge in [0.1, 0.15) is 0 Å². The summed E-state index contributed by atoms with van der Waals surface area (Å²) < 4.78 is 34.6. The number of rotatable bonds is 8. The van der Waals surface area contributed by atoms with Gasteiger partial charge in [-0.25, -0.2) is 4.99 Å². The second-order valence-corrected chi connectivity index (χ2v) is 5.21. The van der Waals surface area contributed by atoms with Crippen LogP contribution in [0.5, 0.6) is 11.5 Å². The molecule has 1 saturated carbocycles. The first-order valence-corrected chi connectivity index (χ1v) is 7.87. The summed E-state index contributed by atoms with van der Waals surface area (Å²) in [5.41, 5.74) is 0.864. The van der Waals surface area contributed by atoms with Crippen LogP contribution in [0.3, 0.4) is 0 Å². The average molecular weight is 455 g/mol. The summed E-state index contributed by atoms with van der Waals surface area (Å²) in [4.78, 5) is 4.51. The molecule has 0 aromatic heterocycles. The molecule has 0 saturated heterocycles. The summed E-state index contributed by atoms with van der Waals surface area (Å²) >= 11 is 0. The van der Waals surface area contributed by atoms with Gasteiger partial charge in [-0.05, 0) is 44.4 Å². The van der Waals surface area contributed by atoms with Crippen molar-refractivity contribution in [3.05, 3.63) is 23.8 Å². The Hall–Kier alpha value is -1.32. The van der Waals surface area contributed by atoms with E-state index in [-0.39, 0.29) is 29.7 Å². The molecule has 2 N–H and O–H groups in total. The number of nitrogens with one attached hydrogen (secondary N) is 2. The molecule has 0 heterocycles. The lowest BCUT2D eigenvalue weighted by molar-refractivity contribution is -0.0514. The summed E-state index contributed by atoms with van der Waals surface area (Å²) in [7, 11) is 0. The smallest absolute Gasteiger partial charge is 0.387 e. The molecule has 1 aromatic rings. The summed E-state index contributed by atoms with van der Waals surface area (Å²) in [6, 6.07) is 5.40. The van der Waals surface area contributed by atoms with Crippen molar-refractivity contribution in [1.82, 2.24) is 10.6 Å². The Morgan fingerprint density at radius 3 is 2.62 bits per heavy atom. The van der Waals surface area contributed by atoms with Crippen LogP contribution < -0.4 is 20.1 Å². The van der Waals surface area contributed by atoms with Crippen LogP contribution >= 0.6 is 24.0 Å². The van der Waals surface area contributed by atoms with E-state index in [1.807, 2.05) is 6.92 Å². The molecular weight excluding hydrogens is 431 g/mol. The Labute approximate surface area is 158 Å². The van der Waals surface area contributed by atoms with Crippen molar-refractivity contribution >= 4 is 29.9 Å². The predicted molar refractivity (Wildman–Crippen MR) is 101 cm³/mol. The van der Waals surface area contributed by atoms with Crippen molar-refractivity contribution in [2.45, 2.75) is 45.9 Å². The number of guanidine groups is 1. The van der Waals surface area contributed by atoms with Crippen LogP contribution in [0, 0.1) is 0 Å². The third-order valence-electron chi connectivity index (χ3n) is 3.21. The van der Waals surface area contributed by atoms with Gasteiger partial charge in [0.25, 0.3) is 0 Å². The van der Waals surface area contributed by atoms with E-state index in [0.717, 1.165) is 18.1 Å². The number of alkyl halides is 2. The zero-order valence-corrected chi connectivity index (χ0v) is 16.2. The van der Waals surface area contributed by atoms with E-state index in [2.05, 4.69) is 20.4 Å². The summed E-state index contributed by atoms with van der Waals surface area (Å²) in [5, 5.41) is 6.51. The Morgan fingerprint density at radius 2 is 2.04 bits per heavy atom. The molecule has 1 aliphatic carbocycles. The quantitative estimate of drug-likeness (QED) is 0.358. The molecule has 0 unspecified atom stereocenters. The second-order valence-electron chi connectivity index (χ2n) is 5.21. The molecule has 0 atom stereocenters. The van der Waals surface area contributed by atoms with Gasteiger partial charge in [-0.15, -0.1) is 24.0 Å². The van der Waals surface area contributed by atoms with Crippen LogP contribution in [0.1, 0.15) is 32.3 Å². The van der Waals surface area contributed by atoms with Crippen molar-refractivity contribution < 1.29 is 18.3 Å². The zero-order valence-electron chi connectivity index (χ0n) is 13.9. The molecule has 0 aliphatic heterocycles. The SMILES string of the molecule is CCNC(=NCc1ccc(OC(F)F)c(OCC)c1)NC1CC1.I. The maximum atomic E-state index is 12.4. The highest BCUT2D eigenvalue weighted by Gasteiger charge is 2.22. The Kier molecular flexibility index (Phi) is 9.09. The fourth-order valence-electron chi connectivity index (χ4n) is 2.02. The maximum Gasteiger partial charge on any atom is 0.387 e. The van der Waals surface area contributed by atoms with E-state index in [0.29, 0.717) is 24.9 Å². The van der Waals surface area contributed by atoms with Gasteiger partial charge in [-0.2, -0.15) is 8.78 Å². The number of halogens is 3. The Morgan fingerprint density at radius 1 is 1.29 bits per heavy atom. The molecule has 136 valence electrons. The highest BCUT2D eigenvalue weighted by Crippen LogP contribution is 2.30. The molecule has 0 spiro atoms. The molecule has 0 radical (unpaired) electrons. The fraction of sp³-hybridized carbons (Fsp3) is 0.562. The van der Waals surface area contributed by atoms with Crippen molar-refractivity contribution in [2.75, 3.05) is 13.2 Å². The molecule has 0 amide bonds. The molecule has 0 bridgehead atoms. The number of ether oxygens (including phenoxy) is 2. The van der Waals surface area contributed by atoms with E-state index in [1.54, 1.807) is 19.1 Å². The van der Waals surface area contributed by atoms with Gasteiger partial charge in [0, 0.05) is 12.6 Å². The minimum Gasteiger partial charge on any atom is -0.490 e. The molecule has 1 aliphatic rings. The maximum absolute atomic E-state index is 12.4. The van der Waals surface area contributed by atoms with E-state index in [9.17, 15) is 8.78 Å². The molecule has 2 rings (SSSR count). The van der Waals surface area contributed by atoms with E-state index in [1.165, 1.54) is 18.9 Å². The largest absolute Gasteiger partial charge is 0.490 e. The lowest BCUT2D eigenvalue weighted by Crippen LogP contribution is -2.38. The lowest BCUT2D eigenvalue weighted by atomic mass is 10.2. The summed E-state index contributed by atoms with van der Waals surface area (Å²) in [6.07, 6.45) is 2.33. The fourth-order valence-corrected chi connectivity index (χ4v) is 2.02. The van der Waals surface area contributed by atoms with Gasteiger partial charge in [0.05, 0.1) is 13.2 Å². The first kappa shape index (κ1) is 20.7. The van der Waals surface area contributed by atoms with Crippen LogP contribution in [0.2, 0.25) is 0 Å². The van der Waals surface area contributed by atoms with Crippen LogP contribution in [-0.2, 0) is 6.54 Å². The number of aliphatic imine (C=N–C) groups is 1. The topological polar surface area (TPSA) is 54.9 Å². The Balaban J connectivity index is 0.00000288. The van der Waals surface area contributed by atoms with Gasteiger partial charge >= 0.3 is 6.61 Å². The number of nitrogens with zero attached hydrogens (tertiary/aromatic N) is 1. The van der Waals surface area contributed by atoms with Crippen LogP contribution in [0.25, 0.3) is 0 Å². The number of hydrogen-bond acceptors (Lipinski definition) is 3. The van der Waals surface area contributed by atoms with E-state index < -0.39 is 6.61 Å². The highest BCUT2D eigenvalue weighted by atomic mass is 127. The van der Waals surface area contributed by atoms with E-state index >= 15 is 0 Å². The summed E-state index contributed by atoms with van der Waals surface area (Å²) in [5.74, 6) is 1.11. The van der Waals surface area contributed by atoms with Crippen molar-refractivity contribution in [3.63, 3.8) is 0 Å². The van der Waals surface area contributed by atoms with Crippen molar-refractivity contribution in [1.29, 1.82) is 0 Å². The van der Waals surface area contributed by atoms with Gasteiger partial charge in [-0.1, -0.05) is 6.07 Å². The monoisotopic (exact) mass is 455 g/mol. The van der Waals surface area contributed by atoms with Gasteiger partial charge in [0.2, 0.25) is 0 Å². The Bertz CT molecular complexity index is 540. The predicted octanol–water partition coefficient (Wildman–Crippen LogP) is 3.52. The average Bonchev–Trinajstić information content (AvgIpc) is 3.31. The normalized spacial score (nSPS) is 14.1. The molecule has 24 heavy (non-hydrogen) atoms. The lowest BCUT2D eigenvalue weighted by Gasteiger charge is -2.13. The van der Waals surface area contributed by atoms with Gasteiger partial charge in [0.15, 0.2) is 17.5 Å². The molecule has 1 fully saturated rings. The summed E-state index contributed by atoms with van der Waals surface area (Å²) in [6.45, 7) is 2.51. The van der Waals surface area contributed by atoms with Gasteiger partial charge < -0.3 is 20.1 Å². The molecule has 5 nitrogen and oxygen atoms in total. The third-order valence-corrected chi connectivity index (χ3v) is 3.21. The number of hydrogen-bond donors (Lipinski definition) is 2. The number of benzene rings is 1. The third kappa shape index (κ3) is 7.06. The van der Waals surface area contributed by atoms with E-state index in [4.69, 9.17) is 4.74 Å². The zero-order chi connectivity index (χ0) is 16.7.